The van der Waals surface area contributed by atoms with Gasteiger partial charge in [0, 0.05) is 24.7 Å². The Morgan fingerprint density at radius 2 is 1.61 bits per heavy atom. The Morgan fingerprint density at radius 3 is 2.11 bits per heavy atom. The second-order valence-corrected chi connectivity index (χ2v) is 10.9. The predicted octanol–water partition coefficient (Wildman–Crippen LogP) is 2.80. The van der Waals surface area contributed by atoms with E-state index in [9.17, 15) is 22.8 Å². The molecule has 1 atom stereocenters. The molecule has 1 fully saturated rings. The molecule has 1 aromatic carbocycles. The van der Waals surface area contributed by atoms with Crippen LogP contribution in [0.2, 0.25) is 0 Å². The quantitative estimate of drug-likeness (QED) is 0.385. The van der Waals surface area contributed by atoms with E-state index in [2.05, 4.69) is 5.10 Å². The normalized spacial score (nSPS) is 18.0. The summed E-state index contributed by atoms with van der Waals surface area (Å²) in [6.45, 7) is 8.48. The van der Waals surface area contributed by atoms with Crippen LogP contribution in [-0.2, 0) is 29.1 Å². The van der Waals surface area contributed by atoms with Gasteiger partial charge in [0.2, 0.25) is 15.9 Å². The highest BCUT2D eigenvalue weighted by Crippen LogP contribution is 2.41. The second-order valence-electron chi connectivity index (χ2n) is 9.00. The van der Waals surface area contributed by atoms with Crippen molar-refractivity contribution in [3.63, 3.8) is 0 Å². The minimum atomic E-state index is -4.04. The number of esters is 2. The van der Waals surface area contributed by atoms with Gasteiger partial charge in [0.1, 0.15) is 0 Å². The molecule has 0 unspecified atom stereocenters. The Balaban J connectivity index is 2.05. The van der Waals surface area contributed by atoms with Crippen molar-refractivity contribution >= 4 is 27.9 Å². The van der Waals surface area contributed by atoms with Crippen molar-refractivity contribution in [3.8, 4) is 0 Å². The summed E-state index contributed by atoms with van der Waals surface area (Å²) < 4.78 is 40.2. The highest BCUT2D eigenvalue weighted by molar-refractivity contribution is 7.89. The zero-order chi connectivity index (χ0) is 26.7. The lowest BCUT2D eigenvalue weighted by Crippen LogP contribution is -2.56. The van der Waals surface area contributed by atoms with Crippen LogP contribution in [0.15, 0.2) is 35.2 Å². The van der Waals surface area contributed by atoms with Crippen LogP contribution in [0.3, 0.4) is 0 Å². The first-order valence-electron chi connectivity index (χ1n) is 12.0. The molecule has 3 rings (SSSR count). The molecule has 0 bridgehead atoms. The third-order valence-corrected chi connectivity index (χ3v) is 8.33. The molecule has 1 saturated heterocycles. The van der Waals surface area contributed by atoms with Gasteiger partial charge in [0.05, 0.1) is 23.8 Å². The van der Waals surface area contributed by atoms with E-state index in [0.29, 0.717) is 11.4 Å². The lowest BCUT2D eigenvalue weighted by Gasteiger charge is -2.42. The number of carbonyl (C=O) groups is 3. The van der Waals surface area contributed by atoms with Gasteiger partial charge in [-0.2, -0.15) is 9.40 Å². The van der Waals surface area contributed by atoms with E-state index >= 15 is 0 Å². The average molecular weight is 520 g/mol. The molecular weight excluding hydrogens is 486 g/mol. The second kappa shape index (κ2) is 10.9. The van der Waals surface area contributed by atoms with E-state index in [1.165, 1.54) is 21.1 Å². The van der Waals surface area contributed by atoms with Crippen molar-refractivity contribution in [3.05, 3.63) is 47.3 Å². The summed E-state index contributed by atoms with van der Waals surface area (Å²) in [5, 5.41) is 4.21. The fourth-order valence-corrected chi connectivity index (χ4v) is 6.21. The lowest BCUT2D eigenvalue weighted by atomic mass is 9.75. The Hall–Kier alpha value is -3.05. The topological polar surface area (TPSA) is 125 Å². The van der Waals surface area contributed by atoms with Crippen LogP contribution in [0.1, 0.15) is 54.9 Å². The highest BCUT2D eigenvalue weighted by atomic mass is 32.2. The number of aryl methyl sites for hydroxylation is 3. The van der Waals surface area contributed by atoms with Crippen LogP contribution >= 0.6 is 0 Å². The van der Waals surface area contributed by atoms with E-state index in [0.717, 1.165) is 5.56 Å². The number of aromatic nitrogens is 2. The Morgan fingerprint density at radius 1 is 1.03 bits per heavy atom. The number of nitrogens with zero attached hydrogens (tertiary/aromatic N) is 3. The molecule has 1 aromatic heterocycles. The van der Waals surface area contributed by atoms with E-state index in [-0.39, 0.29) is 43.9 Å². The molecule has 11 heteroatoms. The zero-order valence-electron chi connectivity index (χ0n) is 21.3. The molecule has 2 heterocycles. The number of rotatable bonds is 8. The Kier molecular flexibility index (Phi) is 8.35. The standard InChI is InChI=1S/C25H33N3O7S/c1-6-34-23(30)25(24(31)35-7-2)12-13-27(36(32,33)21-10-8-17(3)9-11-21)20(16-25)15-22(29)28-19(5)14-18(4)26-28/h8-11,14,20H,6-7,12-13,15-16H2,1-5H3/t20-/m1/s1. The summed E-state index contributed by atoms with van der Waals surface area (Å²) in [5.41, 5.74) is 0.419. The summed E-state index contributed by atoms with van der Waals surface area (Å²) in [4.78, 5) is 39.4. The first-order valence-corrected chi connectivity index (χ1v) is 13.4. The summed E-state index contributed by atoms with van der Waals surface area (Å²) >= 11 is 0. The zero-order valence-corrected chi connectivity index (χ0v) is 22.1. The van der Waals surface area contributed by atoms with Gasteiger partial charge in [-0.15, -0.1) is 0 Å². The summed E-state index contributed by atoms with van der Waals surface area (Å²) in [5.74, 6) is -2.00. The molecule has 0 saturated carbocycles. The monoisotopic (exact) mass is 519 g/mol. The first kappa shape index (κ1) is 27.5. The van der Waals surface area contributed by atoms with Gasteiger partial charge in [0.15, 0.2) is 5.41 Å². The molecule has 2 aromatic rings. The van der Waals surface area contributed by atoms with Crippen LogP contribution in [-0.4, -0.2) is 66.1 Å². The van der Waals surface area contributed by atoms with Gasteiger partial charge in [-0.1, -0.05) is 17.7 Å². The predicted molar refractivity (Wildman–Crippen MR) is 131 cm³/mol. The van der Waals surface area contributed by atoms with Gasteiger partial charge in [-0.05, 0) is 65.7 Å². The van der Waals surface area contributed by atoms with E-state index in [4.69, 9.17) is 9.47 Å². The molecule has 0 aliphatic carbocycles. The molecule has 0 spiro atoms. The summed E-state index contributed by atoms with van der Waals surface area (Å²) in [6.07, 6.45) is -0.658. The molecule has 1 aliphatic rings. The van der Waals surface area contributed by atoms with E-state index < -0.39 is 39.3 Å². The largest absolute Gasteiger partial charge is 0.465 e. The van der Waals surface area contributed by atoms with Gasteiger partial charge in [0.25, 0.3) is 0 Å². The van der Waals surface area contributed by atoms with Crippen molar-refractivity contribution < 1.29 is 32.3 Å². The fourth-order valence-electron chi connectivity index (χ4n) is 4.59. The maximum atomic E-state index is 13.7. The van der Waals surface area contributed by atoms with Crippen LogP contribution in [0, 0.1) is 26.2 Å². The Bertz CT molecular complexity index is 1220. The van der Waals surface area contributed by atoms with Crippen molar-refractivity contribution in [2.75, 3.05) is 19.8 Å². The van der Waals surface area contributed by atoms with Gasteiger partial charge in [-0.25, -0.2) is 13.1 Å². The molecular formula is C25H33N3O7S. The number of carbonyl (C=O) groups excluding carboxylic acids is 3. The average Bonchev–Trinajstić information content (AvgIpc) is 3.17. The van der Waals surface area contributed by atoms with Gasteiger partial charge >= 0.3 is 11.9 Å². The summed E-state index contributed by atoms with van der Waals surface area (Å²) in [6, 6.07) is 7.12. The van der Waals surface area contributed by atoms with Crippen molar-refractivity contribution in [2.45, 2.75) is 64.8 Å². The molecule has 1 aliphatic heterocycles. The van der Waals surface area contributed by atoms with Crippen LogP contribution in [0.4, 0.5) is 0 Å². The highest BCUT2D eigenvalue weighted by Gasteiger charge is 2.55. The van der Waals surface area contributed by atoms with E-state index in [1.54, 1.807) is 45.9 Å². The van der Waals surface area contributed by atoms with Gasteiger partial charge < -0.3 is 9.47 Å². The Labute approximate surface area is 211 Å². The number of benzene rings is 1. The van der Waals surface area contributed by atoms with Crippen molar-refractivity contribution in [1.82, 2.24) is 14.1 Å². The smallest absolute Gasteiger partial charge is 0.323 e. The van der Waals surface area contributed by atoms with Crippen molar-refractivity contribution in [2.24, 2.45) is 5.41 Å². The molecule has 10 nitrogen and oxygen atoms in total. The molecule has 36 heavy (non-hydrogen) atoms. The molecule has 0 N–H and O–H groups in total. The van der Waals surface area contributed by atoms with Crippen LogP contribution in [0.5, 0.6) is 0 Å². The minimum absolute atomic E-state index is 0.0424. The third-order valence-electron chi connectivity index (χ3n) is 6.37. The van der Waals surface area contributed by atoms with Crippen LogP contribution < -0.4 is 0 Å². The maximum absolute atomic E-state index is 13.7. The number of piperidine rings is 1. The first-order chi connectivity index (χ1) is 17.0. The fraction of sp³-hybridized carbons (Fsp3) is 0.520. The SMILES string of the molecule is CCOC(=O)C1(C(=O)OCC)CCN(S(=O)(=O)c2ccc(C)cc2)[C@H](CC(=O)n2nc(C)cc2C)C1. The lowest BCUT2D eigenvalue weighted by molar-refractivity contribution is -0.176. The summed E-state index contributed by atoms with van der Waals surface area (Å²) in [7, 11) is -4.04. The molecule has 0 radical (unpaired) electrons. The van der Waals surface area contributed by atoms with Gasteiger partial charge in [-0.3, -0.25) is 14.4 Å². The van der Waals surface area contributed by atoms with Crippen LogP contribution in [0.25, 0.3) is 0 Å². The maximum Gasteiger partial charge on any atom is 0.323 e. The number of ether oxygens (including phenoxy) is 2. The number of hydrogen-bond donors (Lipinski definition) is 0. The molecule has 196 valence electrons. The number of hydrogen-bond acceptors (Lipinski definition) is 8. The number of sulfonamides is 1. The minimum Gasteiger partial charge on any atom is -0.465 e. The van der Waals surface area contributed by atoms with E-state index in [1.807, 2.05) is 6.92 Å². The third kappa shape index (κ3) is 5.36. The molecule has 0 amide bonds. The van der Waals surface area contributed by atoms with Crippen molar-refractivity contribution in [1.29, 1.82) is 0 Å².